The van der Waals surface area contributed by atoms with Crippen LogP contribution in [0.1, 0.15) is 19.2 Å². The van der Waals surface area contributed by atoms with Gasteiger partial charge in [0.15, 0.2) is 11.7 Å². The van der Waals surface area contributed by atoms with E-state index in [1.54, 1.807) is 17.1 Å². The summed E-state index contributed by atoms with van der Waals surface area (Å²) in [5, 5.41) is 7.09. The number of benzene rings is 1. The molecule has 1 atom stereocenters. The molecule has 0 aliphatic heterocycles. The fourth-order valence-corrected chi connectivity index (χ4v) is 2.46. The van der Waals surface area contributed by atoms with Crippen LogP contribution in [0.3, 0.4) is 0 Å². The first-order chi connectivity index (χ1) is 11.7. The molecule has 6 heteroatoms. The summed E-state index contributed by atoms with van der Waals surface area (Å²) < 4.78 is 7.50. The van der Waals surface area contributed by atoms with Gasteiger partial charge < -0.3 is 9.73 Å². The summed E-state index contributed by atoms with van der Waals surface area (Å²) in [6.07, 6.45) is 6.12. The molecule has 0 fully saturated rings. The maximum absolute atomic E-state index is 12.0. The third kappa shape index (κ3) is 4.32. The summed E-state index contributed by atoms with van der Waals surface area (Å²) in [4.78, 5) is 16.3. The Kier molecular flexibility index (Phi) is 5.05. The van der Waals surface area contributed by atoms with Gasteiger partial charge in [-0.1, -0.05) is 30.3 Å². The number of aryl methyl sites for hydroxylation is 1. The number of aromatic nitrogens is 3. The minimum absolute atomic E-state index is 0.0156. The summed E-state index contributed by atoms with van der Waals surface area (Å²) in [5.74, 6) is 1.27. The lowest BCUT2D eigenvalue weighted by Crippen LogP contribution is -2.35. The number of amides is 1. The van der Waals surface area contributed by atoms with Crippen molar-refractivity contribution in [3.63, 3.8) is 0 Å². The number of carbonyl (C=O) groups is 1. The zero-order valence-electron chi connectivity index (χ0n) is 13.6. The van der Waals surface area contributed by atoms with Gasteiger partial charge >= 0.3 is 0 Å². The molecule has 24 heavy (non-hydrogen) atoms. The Bertz CT molecular complexity index is 765. The van der Waals surface area contributed by atoms with Crippen molar-refractivity contribution in [2.75, 3.05) is 0 Å². The van der Waals surface area contributed by atoms with Crippen molar-refractivity contribution in [2.24, 2.45) is 0 Å². The Morgan fingerprint density at radius 1 is 1.29 bits per heavy atom. The van der Waals surface area contributed by atoms with Crippen LogP contribution in [-0.4, -0.2) is 26.7 Å². The summed E-state index contributed by atoms with van der Waals surface area (Å²) >= 11 is 0. The summed E-state index contributed by atoms with van der Waals surface area (Å²) in [6.45, 7) is 2.61. The molecule has 0 bridgehead atoms. The van der Waals surface area contributed by atoms with E-state index in [1.807, 2.05) is 49.5 Å². The van der Waals surface area contributed by atoms with Crippen LogP contribution in [0.5, 0.6) is 0 Å². The third-order valence-corrected chi connectivity index (χ3v) is 3.61. The highest BCUT2D eigenvalue weighted by molar-refractivity contribution is 5.76. The number of carbonyl (C=O) groups excluding carboxylic acids is 1. The molecule has 0 saturated heterocycles. The lowest BCUT2D eigenvalue weighted by atomic mass is 10.2. The zero-order chi connectivity index (χ0) is 16.8. The lowest BCUT2D eigenvalue weighted by molar-refractivity contribution is -0.121. The summed E-state index contributed by atoms with van der Waals surface area (Å²) in [7, 11) is 0. The molecule has 3 rings (SSSR count). The molecule has 0 unspecified atom stereocenters. The van der Waals surface area contributed by atoms with Crippen molar-refractivity contribution in [3.8, 4) is 11.3 Å². The van der Waals surface area contributed by atoms with Gasteiger partial charge in [0, 0.05) is 36.8 Å². The van der Waals surface area contributed by atoms with Crippen molar-refractivity contribution in [1.82, 2.24) is 20.1 Å². The van der Waals surface area contributed by atoms with Crippen LogP contribution >= 0.6 is 0 Å². The highest BCUT2D eigenvalue weighted by Gasteiger charge is 2.11. The minimum atomic E-state index is -0.0193. The average Bonchev–Trinajstić information content (AvgIpc) is 3.25. The zero-order valence-corrected chi connectivity index (χ0v) is 13.6. The Balaban J connectivity index is 1.47. The maximum Gasteiger partial charge on any atom is 0.220 e. The van der Waals surface area contributed by atoms with E-state index in [1.165, 1.54) is 0 Å². The second-order valence-electron chi connectivity index (χ2n) is 5.68. The van der Waals surface area contributed by atoms with Crippen LogP contribution < -0.4 is 5.32 Å². The van der Waals surface area contributed by atoms with Gasteiger partial charge in [-0.2, -0.15) is 5.10 Å². The van der Waals surface area contributed by atoms with Gasteiger partial charge in [0.05, 0.1) is 12.7 Å². The van der Waals surface area contributed by atoms with Crippen LogP contribution in [-0.2, 0) is 17.8 Å². The van der Waals surface area contributed by atoms with Crippen LogP contribution in [0.15, 0.2) is 59.4 Å². The predicted molar refractivity (Wildman–Crippen MR) is 90.1 cm³/mol. The molecule has 6 nitrogen and oxygen atoms in total. The molecule has 1 amide bonds. The number of hydrogen-bond acceptors (Lipinski definition) is 4. The summed E-state index contributed by atoms with van der Waals surface area (Å²) in [6, 6.07) is 11.7. The molecular formula is C18H20N4O2. The van der Waals surface area contributed by atoms with E-state index in [0.717, 1.165) is 11.3 Å². The van der Waals surface area contributed by atoms with Crippen molar-refractivity contribution in [1.29, 1.82) is 0 Å². The van der Waals surface area contributed by atoms with Crippen LogP contribution in [0.25, 0.3) is 11.3 Å². The van der Waals surface area contributed by atoms with E-state index in [4.69, 9.17) is 4.42 Å². The molecule has 2 aromatic heterocycles. The largest absolute Gasteiger partial charge is 0.441 e. The molecule has 1 N–H and O–H groups in total. The standard InChI is InChI=1S/C18H20N4O2/c1-14(13-22-11-5-10-20-22)21-17(23)8-9-18-19-12-16(24-18)15-6-3-2-4-7-15/h2-7,10-12,14H,8-9,13H2,1H3,(H,21,23)/t14-/m1/s1. The van der Waals surface area contributed by atoms with Gasteiger partial charge in [-0.3, -0.25) is 9.48 Å². The second kappa shape index (κ2) is 7.59. The highest BCUT2D eigenvalue weighted by Crippen LogP contribution is 2.20. The number of rotatable bonds is 7. The van der Waals surface area contributed by atoms with Crippen molar-refractivity contribution in [2.45, 2.75) is 32.4 Å². The van der Waals surface area contributed by atoms with Gasteiger partial charge in [-0.25, -0.2) is 4.98 Å². The van der Waals surface area contributed by atoms with Gasteiger partial charge in [-0.05, 0) is 13.0 Å². The van der Waals surface area contributed by atoms with Crippen molar-refractivity contribution in [3.05, 3.63) is 60.9 Å². The Morgan fingerprint density at radius 3 is 2.88 bits per heavy atom. The number of hydrogen-bond donors (Lipinski definition) is 1. The predicted octanol–water partition coefficient (Wildman–Crippen LogP) is 2.68. The maximum atomic E-state index is 12.0. The first-order valence-electron chi connectivity index (χ1n) is 7.97. The van der Waals surface area contributed by atoms with Gasteiger partial charge in [-0.15, -0.1) is 0 Å². The first-order valence-corrected chi connectivity index (χ1v) is 7.97. The molecular weight excluding hydrogens is 304 g/mol. The Morgan fingerprint density at radius 2 is 2.12 bits per heavy atom. The van der Waals surface area contributed by atoms with Crippen LogP contribution in [0.4, 0.5) is 0 Å². The number of oxazole rings is 1. The van der Waals surface area contributed by atoms with Crippen molar-refractivity contribution >= 4 is 5.91 Å². The molecule has 0 radical (unpaired) electrons. The second-order valence-corrected chi connectivity index (χ2v) is 5.68. The molecule has 124 valence electrons. The minimum Gasteiger partial charge on any atom is -0.441 e. The van der Waals surface area contributed by atoms with Crippen LogP contribution in [0.2, 0.25) is 0 Å². The lowest BCUT2D eigenvalue weighted by Gasteiger charge is -2.13. The van der Waals surface area contributed by atoms with E-state index in [-0.39, 0.29) is 11.9 Å². The quantitative estimate of drug-likeness (QED) is 0.725. The third-order valence-electron chi connectivity index (χ3n) is 3.61. The number of nitrogens with zero attached hydrogens (tertiary/aromatic N) is 3. The fraction of sp³-hybridized carbons (Fsp3) is 0.278. The van der Waals surface area contributed by atoms with E-state index in [9.17, 15) is 4.79 Å². The van der Waals surface area contributed by atoms with Gasteiger partial charge in [0.1, 0.15) is 0 Å². The monoisotopic (exact) mass is 324 g/mol. The molecule has 3 aromatic rings. The summed E-state index contributed by atoms with van der Waals surface area (Å²) in [5.41, 5.74) is 0.980. The highest BCUT2D eigenvalue weighted by atomic mass is 16.4. The SMILES string of the molecule is C[C@H](Cn1cccn1)NC(=O)CCc1ncc(-c2ccccc2)o1. The smallest absolute Gasteiger partial charge is 0.220 e. The van der Waals surface area contributed by atoms with E-state index in [0.29, 0.717) is 25.3 Å². The normalized spacial score (nSPS) is 12.0. The van der Waals surface area contributed by atoms with Gasteiger partial charge in [0.2, 0.25) is 5.91 Å². The molecule has 0 aliphatic carbocycles. The molecule has 2 heterocycles. The topological polar surface area (TPSA) is 73.0 Å². The molecule has 0 aliphatic rings. The Labute approximate surface area is 140 Å². The van der Waals surface area contributed by atoms with Crippen molar-refractivity contribution < 1.29 is 9.21 Å². The molecule has 0 saturated carbocycles. The van der Waals surface area contributed by atoms with E-state index < -0.39 is 0 Å². The van der Waals surface area contributed by atoms with Gasteiger partial charge in [0.25, 0.3) is 0 Å². The van der Waals surface area contributed by atoms with E-state index in [2.05, 4.69) is 15.4 Å². The number of nitrogens with one attached hydrogen (secondary N) is 1. The molecule has 0 spiro atoms. The Hall–Kier alpha value is -2.89. The fourth-order valence-electron chi connectivity index (χ4n) is 2.46. The van der Waals surface area contributed by atoms with Crippen LogP contribution in [0, 0.1) is 0 Å². The van der Waals surface area contributed by atoms with E-state index >= 15 is 0 Å². The average molecular weight is 324 g/mol. The molecule has 1 aromatic carbocycles. The first kappa shape index (κ1) is 16.0.